The van der Waals surface area contributed by atoms with Crippen molar-refractivity contribution >= 4 is 69.5 Å². The summed E-state index contributed by atoms with van der Waals surface area (Å²) in [5, 5.41) is 0. The van der Waals surface area contributed by atoms with Gasteiger partial charge in [0, 0.05) is 0 Å². The third-order valence-corrected chi connectivity index (χ3v) is 0. The van der Waals surface area contributed by atoms with E-state index in [1.807, 2.05) is 0 Å². The van der Waals surface area contributed by atoms with Crippen molar-refractivity contribution in [1.82, 2.24) is 0 Å². The van der Waals surface area contributed by atoms with Gasteiger partial charge >= 0.3 is 150 Å². The van der Waals surface area contributed by atoms with E-state index in [9.17, 15) is 0 Å². The SMILES string of the molecule is [GaH3].[H-].[H-].[InH3].[K+].[Na+].[SnH2]. The summed E-state index contributed by atoms with van der Waals surface area (Å²) in [6, 6.07) is 0. The van der Waals surface area contributed by atoms with Crippen molar-refractivity contribution in [2.24, 2.45) is 0 Å². The molecule has 0 rings (SSSR count). The molecule has 0 unspecified atom stereocenters. The Labute approximate surface area is 149 Å². The van der Waals surface area contributed by atoms with Gasteiger partial charge in [-0.2, -0.15) is 0 Å². The summed E-state index contributed by atoms with van der Waals surface area (Å²) < 4.78 is 0. The first-order chi connectivity index (χ1) is 0. The van der Waals surface area contributed by atoms with Crippen molar-refractivity contribution in [1.29, 1.82) is 0 Å². The summed E-state index contributed by atoms with van der Waals surface area (Å²) in [5.41, 5.74) is 0. The quantitative estimate of drug-likeness (QED) is 0.369. The summed E-state index contributed by atoms with van der Waals surface area (Å²) in [7, 11) is 0. The molecular weight excluding hydrogens is 365 g/mol. The van der Waals surface area contributed by atoms with Gasteiger partial charge in [0.15, 0.2) is 0 Å². The van der Waals surface area contributed by atoms with E-state index in [2.05, 4.69) is 0 Å². The molecule has 0 nitrogen and oxygen atoms in total. The molecule has 2 radical (unpaired) electrons. The Balaban J connectivity index is 0. The van der Waals surface area contributed by atoms with E-state index in [0.29, 0.717) is 0 Å². The monoisotopic (exact) mass is 376 g/mol. The number of hydrogen-bond donors (Lipinski definition) is 0. The molecule has 0 aliphatic heterocycles. The van der Waals surface area contributed by atoms with Gasteiger partial charge in [-0.3, -0.25) is 0 Å². The fourth-order valence-corrected chi connectivity index (χ4v) is 0. The van der Waals surface area contributed by atoms with E-state index in [4.69, 9.17) is 0 Å². The minimum atomic E-state index is 0. The fourth-order valence-electron chi connectivity index (χ4n) is 0. The maximum absolute atomic E-state index is 0. The topological polar surface area (TPSA) is 0 Å². The third-order valence-electron chi connectivity index (χ3n) is 0. The van der Waals surface area contributed by atoms with Crippen LogP contribution >= 0.6 is 0 Å². The summed E-state index contributed by atoms with van der Waals surface area (Å²) in [4.78, 5) is 0. The Bertz CT molecular complexity index is 17.7. The Morgan fingerprint density at radius 1 is 1.20 bits per heavy atom. The standard InChI is InChI=1S/Ga.In.K.Na.Sn.10H/q;;2*+1;;;;;;;;;;2*-1. The average Bonchev–Trinajstić information content (AvgIpc) is 0. The van der Waals surface area contributed by atoms with Gasteiger partial charge in [0.1, 0.15) is 0 Å². The van der Waals surface area contributed by atoms with E-state index < -0.39 is 0 Å². The van der Waals surface area contributed by atoms with Crippen LogP contribution in [0.25, 0.3) is 0 Å². The van der Waals surface area contributed by atoms with Gasteiger partial charge in [-0.05, 0) is 0 Å². The van der Waals surface area contributed by atoms with E-state index in [0.717, 1.165) is 0 Å². The molecular formula is H10GaInKNaSn. The second-order valence-electron chi connectivity index (χ2n) is 0. The zero-order valence-corrected chi connectivity index (χ0v) is 11.9. The second-order valence-corrected chi connectivity index (χ2v) is 0. The van der Waals surface area contributed by atoms with Crippen molar-refractivity contribution in [3.8, 4) is 0 Å². The summed E-state index contributed by atoms with van der Waals surface area (Å²) >= 11 is 0. The third kappa shape index (κ3) is 17.6. The Morgan fingerprint density at radius 3 is 1.20 bits per heavy atom. The van der Waals surface area contributed by atoms with E-state index in [1.165, 1.54) is 0 Å². The van der Waals surface area contributed by atoms with Crippen LogP contribution in [0.4, 0.5) is 0 Å². The van der Waals surface area contributed by atoms with E-state index >= 15 is 0 Å². The second kappa shape index (κ2) is 23.1. The Hall–Kier alpha value is 4.94. The van der Waals surface area contributed by atoms with Crippen LogP contribution in [0.2, 0.25) is 0 Å². The predicted molar refractivity (Wildman–Crippen MR) is 30.6 cm³/mol. The average molecular weight is 375 g/mol. The van der Waals surface area contributed by atoms with Crippen molar-refractivity contribution in [2.75, 3.05) is 0 Å². The van der Waals surface area contributed by atoms with Crippen molar-refractivity contribution in [3.05, 3.63) is 0 Å². The molecule has 0 saturated carbocycles. The van der Waals surface area contributed by atoms with Crippen LogP contribution in [0.3, 0.4) is 0 Å². The van der Waals surface area contributed by atoms with Crippen LogP contribution in [0, 0.1) is 0 Å². The summed E-state index contributed by atoms with van der Waals surface area (Å²) in [6.45, 7) is 0. The molecule has 0 atom stereocenters. The molecule has 0 bridgehead atoms. The zero-order valence-electron chi connectivity index (χ0n) is 4.71. The van der Waals surface area contributed by atoms with Crippen LogP contribution in [0.1, 0.15) is 2.85 Å². The van der Waals surface area contributed by atoms with Gasteiger partial charge in [0.2, 0.25) is 0 Å². The molecule has 5 heavy (non-hydrogen) atoms. The van der Waals surface area contributed by atoms with Gasteiger partial charge in [0.25, 0.3) is 0 Å². The molecule has 0 saturated heterocycles. The van der Waals surface area contributed by atoms with Crippen LogP contribution in [-0.4, -0.2) is 69.5 Å². The number of rotatable bonds is 0. The van der Waals surface area contributed by atoms with Crippen LogP contribution in [0.5, 0.6) is 0 Å². The van der Waals surface area contributed by atoms with Crippen molar-refractivity contribution in [2.45, 2.75) is 0 Å². The molecule has 0 aromatic heterocycles. The summed E-state index contributed by atoms with van der Waals surface area (Å²) in [5.74, 6) is 0. The predicted octanol–water partition coefficient (Wildman–Crippen LogP) is -9.05. The fraction of sp³-hybridized carbons (Fsp3) is 0. The van der Waals surface area contributed by atoms with Gasteiger partial charge in [-0.15, -0.1) is 0 Å². The molecule has 0 heterocycles. The zero-order chi connectivity index (χ0) is 0. The van der Waals surface area contributed by atoms with Gasteiger partial charge in [-0.1, -0.05) is 0 Å². The van der Waals surface area contributed by atoms with E-state index in [1.54, 1.807) is 0 Å². The molecule has 5 heteroatoms. The molecule has 0 aliphatic carbocycles. The van der Waals surface area contributed by atoms with Gasteiger partial charge in [0.05, 0.1) is 0 Å². The summed E-state index contributed by atoms with van der Waals surface area (Å²) in [6.07, 6.45) is 0. The molecule has 0 aliphatic rings. The van der Waals surface area contributed by atoms with Crippen LogP contribution in [-0.2, 0) is 0 Å². The van der Waals surface area contributed by atoms with Crippen LogP contribution < -0.4 is 80.9 Å². The molecule has 22 valence electrons. The normalized spacial score (nSPS) is 0. The van der Waals surface area contributed by atoms with Gasteiger partial charge < -0.3 is 2.85 Å². The number of hydrogen-bond acceptors (Lipinski definition) is 0. The molecule has 0 aromatic rings. The molecule has 0 amide bonds. The van der Waals surface area contributed by atoms with Gasteiger partial charge in [-0.25, -0.2) is 0 Å². The first-order valence-corrected chi connectivity index (χ1v) is 0. The molecule has 0 fully saturated rings. The Kier molecular flexibility index (Phi) is 150. The van der Waals surface area contributed by atoms with E-state index in [-0.39, 0.29) is 153 Å². The molecule has 0 N–H and O–H groups in total. The van der Waals surface area contributed by atoms with Crippen molar-refractivity contribution < 1.29 is 83.8 Å². The molecule has 0 spiro atoms. The minimum absolute atomic E-state index is 0. The Morgan fingerprint density at radius 2 is 1.20 bits per heavy atom. The van der Waals surface area contributed by atoms with Crippen molar-refractivity contribution in [3.63, 3.8) is 0 Å². The first kappa shape index (κ1) is 32.6. The first-order valence-electron chi connectivity index (χ1n) is 0. The molecule has 0 aromatic carbocycles. The maximum atomic E-state index is 0. The van der Waals surface area contributed by atoms with Crippen LogP contribution in [0.15, 0.2) is 0 Å².